The highest BCUT2D eigenvalue weighted by molar-refractivity contribution is 9.10. The van der Waals surface area contributed by atoms with E-state index in [4.69, 9.17) is 17.0 Å². The molecule has 1 amide bonds. The SMILES string of the molecule is COc1ccc(Br)cc1C(=O)NC(=S)Nc1ccc(S(=O)(=O)N2CCCCC2)cc1. The van der Waals surface area contributed by atoms with Crippen LogP contribution in [0, 0.1) is 0 Å². The van der Waals surface area contributed by atoms with E-state index in [1.54, 1.807) is 30.3 Å². The molecule has 3 rings (SSSR count). The van der Waals surface area contributed by atoms with Crippen molar-refractivity contribution in [2.75, 3.05) is 25.5 Å². The molecule has 0 bridgehead atoms. The molecule has 7 nitrogen and oxygen atoms in total. The van der Waals surface area contributed by atoms with E-state index in [0.717, 1.165) is 23.7 Å². The second-order valence-corrected chi connectivity index (χ2v) is 10.0. The summed E-state index contributed by atoms with van der Waals surface area (Å²) in [6.07, 6.45) is 2.83. The van der Waals surface area contributed by atoms with Gasteiger partial charge < -0.3 is 10.1 Å². The van der Waals surface area contributed by atoms with Crippen molar-refractivity contribution in [1.29, 1.82) is 0 Å². The molecule has 0 aromatic heterocycles. The van der Waals surface area contributed by atoms with Crippen LogP contribution in [-0.2, 0) is 10.0 Å². The van der Waals surface area contributed by atoms with E-state index in [1.165, 1.54) is 23.5 Å². The highest BCUT2D eigenvalue weighted by Gasteiger charge is 2.25. The fraction of sp³-hybridized carbons (Fsp3) is 0.300. The summed E-state index contributed by atoms with van der Waals surface area (Å²) in [5.41, 5.74) is 0.901. The molecule has 2 aromatic rings. The lowest BCUT2D eigenvalue weighted by Gasteiger charge is -2.25. The molecule has 0 radical (unpaired) electrons. The van der Waals surface area contributed by atoms with E-state index < -0.39 is 15.9 Å². The number of nitrogens with zero attached hydrogens (tertiary/aromatic N) is 1. The normalized spacial score (nSPS) is 14.7. The molecule has 2 aromatic carbocycles. The van der Waals surface area contributed by atoms with Crippen molar-refractivity contribution >= 4 is 54.9 Å². The number of amides is 1. The van der Waals surface area contributed by atoms with Gasteiger partial charge in [0.15, 0.2) is 5.11 Å². The van der Waals surface area contributed by atoms with Gasteiger partial charge in [-0.2, -0.15) is 4.31 Å². The second kappa shape index (κ2) is 9.86. The smallest absolute Gasteiger partial charge is 0.261 e. The number of ether oxygens (including phenoxy) is 1. The number of sulfonamides is 1. The zero-order valence-electron chi connectivity index (χ0n) is 16.4. The van der Waals surface area contributed by atoms with Crippen LogP contribution in [0.2, 0.25) is 0 Å². The number of rotatable bonds is 5. The third-order valence-corrected chi connectivity index (χ3v) is 7.31. The van der Waals surface area contributed by atoms with Gasteiger partial charge in [0.2, 0.25) is 10.0 Å². The summed E-state index contributed by atoms with van der Waals surface area (Å²) < 4.78 is 32.9. The van der Waals surface area contributed by atoms with Gasteiger partial charge >= 0.3 is 0 Å². The van der Waals surface area contributed by atoms with Crippen LogP contribution >= 0.6 is 28.1 Å². The minimum atomic E-state index is -3.49. The molecule has 0 aliphatic carbocycles. The average molecular weight is 512 g/mol. The number of piperidine rings is 1. The van der Waals surface area contributed by atoms with Gasteiger partial charge in [-0.3, -0.25) is 10.1 Å². The molecule has 2 N–H and O–H groups in total. The first-order valence-corrected chi connectivity index (χ1v) is 12.0. The number of thiocarbonyl (C=S) groups is 1. The van der Waals surface area contributed by atoms with Gasteiger partial charge in [0, 0.05) is 23.2 Å². The number of carbonyl (C=O) groups excluding carboxylic acids is 1. The molecule has 0 saturated carbocycles. The van der Waals surface area contributed by atoms with Gasteiger partial charge in [-0.15, -0.1) is 0 Å². The minimum absolute atomic E-state index is 0.0914. The Labute approximate surface area is 190 Å². The summed E-state index contributed by atoms with van der Waals surface area (Å²) in [6, 6.07) is 11.4. The Kier molecular flexibility index (Phi) is 7.45. The molecule has 30 heavy (non-hydrogen) atoms. The van der Waals surface area contributed by atoms with Crippen LogP contribution in [0.3, 0.4) is 0 Å². The Hall–Kier alpha value is -2.01. The quantitative estimate of drug-likeness (QED) is 0.594. The van der Waals surface area contributed by atoms with Crippen molar-refractivity contribution in [2.45, 2.75) is 24.2 Å². The van der Waals surface area contributed by atoms with Gasteiger partial charge in [0.25, 0.3) is 5.91 Å². The zero-order valence-corrected chi connectivity index (χ0v) is 19.6. The van der Waals surface area contributed by atoms with Crippen LogP contribution in [0.5, 0.6) is 5.75 Å². The average Bonchev–Trinajstić information content (AvgIpc) is 2.74. The molecule has 1 aliphatic heterocycles. The molecule has 1 aliphatic rings. The van der Waals surface area contributed by atoms with E-state index in [-0.39, 0.29) is 10.0 Å². The summed E-state index contributed by atoms with van der Waals surface area (Å²) in [4.78, 5) is 12.8. The Morgan fingerprint density at radius 3 is 2.40 bits per heavy atom. The third-order valence-electron chi connectivity index (χ3n) is 4.70. The van der Waals surface area contributed by atoms with Gasteiger partial charge in [-0.05, 0) is 67.5 Å². The predicted octanol–water partition coefficient (Wildman–Crippen LogP) is 3.76. The number of hydrogen-bond donors (Lipinski definition) is 2. The fourth-order valence-electron chi connectivity index (χ4n) is 3.16. The van der Waals surface area contributed by atoms with Crippen molar-refractivity contribution in [3.05, 3.63) is 52.5 Å². The highest BCUT2D eigenvalue weighted by Crippen LogP contribution is 2.24. The molecule has 0 atom stereocenters. The number of nitrogens with one attached hydrogen (secondary N) is 2. The van der Waals surface area contributed by atoms with Crippen molar-refractivity contribution in [3.8, 4) is 5.75 Å². The standard InChI is InChI=1S/C20H22BrN3O4S2/c1-28-18-10-5-14(21)13-17(18)19(25)23-20(29)22-15-6-8-16(9-7-15)30(26,27)24-11-3-2-4-12-24/h5-10,13H,2-4,11-12H2,1H3,(H2,22,23,25,29). The molecule has 0 spiro atoms. The van der Waals surface area contributed by atoms with E-state index in [2.05, 4.69) is 26.6 Å². The lowest BCUT2D eigenvalue weighted by molar-refractivity contribution is 0.0974. The summed E-state index contributed by atoms with van der Waals surface area (Å²) in [7, 11) is -2.01. The summed E-state index contributed by atoms with van der Waals surface area (Å²) >= 11 is 8.54. The Morgan fingerprint density at radius 2 is 1.77 bits per heavy atom. The monoisotopic (exact) mass is 511 g/mol. The maximum atomic E-state index is 12.7. The second-order valence-electron chi connectivity index (χ2n) is 6.74. The summed E-state index contributed by atoms with van der Waals surface area (Å²) in [5.74, 6) is 0.000665. The molecule has 1 fully saturated rings. The highest BCUT2D eigenvalue weighted by atomic mass is 79.9. The van der Waals surface area contributed by atoms with Gasteiger partial charge in [-0.25, -0.2) is 8.42 Å². The van der Waals surface area contributed by atoms with E-state index in [0.29, 0.717) is 30.1 Å². The number of benzene rings is 2. The first-order chi connectivity index (χ1) is 14.3. The first kappa shape index (κ1) is 22.7. The maximum Gasteiger partial charge on any atom is 0.261 e. The van der Waals surface area contributed by atoms with Crippen LogP contribution in [0.25, 0.3) is 0 Å². The number of carbonyl (C=O) groups is 1. The molecule has 0 unspecified atom stereocenters. The number of anilines is 1. The first-order valence-electron chi connectivity index (χ1n) is 9.37. The maximum absolute atomic E-state index is 12.7. The molecule has 160 valence electrons. The Bertz CT molecular complexity index is 1040. The van der Waals surface area contributed by atoms with Gasteiger partial charge in [0.1, 0.15) is 5.75 Å². The van der Waals surface area contributed by atoms with E-state index >= 15 is 0 Å². The van der Waals surface area contributed by atoms with Crippen LogP contribution in [-0.4, -0.2) is 43.9 Å². The number of hydrogen-bond acceptors (Lipinski definition) is 5. The van der Waals surface area contributed by atoms with Crippen LogP contribution in [0.4, 0.5) is 5.69 Å². The number of halogens is 1. The Morgan fingerprint density at radius 1 is 1.10 bits per heavy atom. The van der Waals surface area contributed by atoms with Crippen molar-refractivity contribution in [1.82, 2.24) is 9.62 Å². The molecule has 1 heterocycles. The summed E-state index contributed by atoms with van der Waals surface area (Å²) in [5, 5.41) is 5.58. The van der Waals surface area contributed by atoms with Crippen molar-refractivity contribution in [3.63, 3.8) is 0 Å². The minimum Gasteiger partial charge on any atom is -0.496 e. The van der Waals surface area contributed by atoms with Crippen LogP contribution in [0.15, 0.2) is 51.8 Å². The van der Waals surface area contributed by atoms with Crippen molar-refractivity contribution in [2.24, 2.45) is 0 Å². The van der Waals surface area contributed by atoms with Gasteiger partial charge in [0.05, 0.1) is 17.6 Å². The molecular formula is C20H22BrN3O4S2. The lowest BCUT2D eigenvalue weighted by atomic mass is 10.2. The number of methoxy groups -OCH3 is 1. The molecule has 1 saturated heterocycles. The van der Waals surface area contributed by atoms with Crippen LogP contribution < -0.4 is 15.4 Å². The lowest BCUT2D eigenvalue weighted by Crippen LogP contribution is -2.35. The largest absolute Gasteiger partial charge is 0.496 e. The predicted molar refractivity (Wildman–Crippen MR) is 123 cm³/mol. The third kappa shape index (κ3) is 5.37. The molecular weight excluding hydrogens is 490 g/mol. The fourth-order valence-corrected chi connectivity index (χ4v) is 5.24. The van der Waals surface area contributed by atoms with E-state index in [9.17, 15) is 13.2 Å². The Balaban J connectivity index is 1.65. The van der Waals surface area contributed by atoms with Gasteiger partial charge in [-0.1, -0.05) is 22.4 Å². The van der Waals surface area contributed by atoms with E-state index in [1.807, 2.05) is 0 Å². The van der Waals surface area contributed by atoms with Crippen LogP contribution in [0.1, 0.15) is 29.6 Å². The zero-order chi connectivity index (χ0) is 21.7. The van der Waals surface area contributed by atoms with Crippen molar-refractivity contribution < 1.29 is 17.9 Å². The topological polar surface area (TPSA) is 87.7 Å². The molecule has 10 heteroatoms. The summed E-state index contributed by atoms with van der Waals surface area (Å²) in [6.45, 7) is 1.11.